The number of alkyl halides is 3. The number of benzene rings is 2. The molecule has 2 aromatic carbocycles. The molecule has 1 aromatic heterocycles. The van der Waals surface area contributed by atoms with Gasteiger partial charge in [-0.3, -0.25) is 4.68 Å². The van der Waals surface area contributed by atoms with E-state index in [-0.39, 0.29) is 23.6 Å². The standard InChI is InChI=1S/C22H18F4N2O2/c1-12-6-14(2-5-19(12)21(29)30)20-11-17(27-28(20)18-3-4-18)9-13-7-15(22(24,25)26)10-16(23)8-13/h2,5-8,10-11,18H,3-4,9H2,1H3,(H,29,30). The SMILES string of the molecule is Cc1cc(-c2cc(Cc3cc(F)cc(C(F)(F)F)c3)nn2C2CC2)ccc1C(=O)O. The predicted octanol–water partition coefficient (Wildman–Crippen LogP) is 5.64. The average Bonchev–Trinajstić information content (AvgIpc) is 3.41. The molecular weight excluding hydrogens is 400 g/mol. The number of carboxylic acid groups (broad SMARTS) is 1. The van der Waals surface area contributed by atoms with Crippen molar-refractivity contribution in [1.29, 1.82) is 0 Å². The van der Waals surface area contributed by atoms with Gasteiger partial charge in [0.2, 0.25) is 0 Å². The number of carbonyl (C=O) groups is 1. The van der Waals surface area contributed by atoms with Crippen LogP contribution in [0.25, 0.3) is 11.3 Å². The summed E-state index contributed by atoms with van der Waals surface area (Å²) in [5, 5.41) is 13.8. The fourth-order valence-corrected chi connectivity index (χ4v) is 3.53. The van der Waals surface area contributed by atoms with Crippen molar-refractivity contribution in [2.45, 2.75) is 38.4 Å². The highest BCUT2D eigenvalue weighted by atomic mass is 19.4. The van der Waals surface area contributed by atoms with Gasteiger partial charge < -0.3 is 5.11 Å². The van der Waals surface area contributed by atoms with E-state index < -0.39 is 23.5 Å². The molecule has 1 N–H and O–H groups in total. The van der Waals surface area contributed by atoms with E-state index in [0.717, 1.165) is 36.2 Å². The number of carboxylic acids is 1. The summed E-state index contributed by atoms with van der Waals surface area (Å²) in [5.41, 5.74) is 2.03. The minimum Gasteiger partial charge on any atom is -0.478 e. The van der Waals surface area contributed by atoms with Gasteiger partial charge in [0.25, 0.3) is 0 Å². The molecule has 1 saturated carbocycles. The number of nitrogens with zero attached hydrogens (tertiary/aromatic N) is 2. The molecule has 0 amide bonds. The molecule has 1 aliphatic rings. The Kier molecular flexibility index (Phi) is 4.88. The topological polar surface area (TPSA) is 55.1 Å². The average molecular weight is 418 g/mol. The van der Waals surface area contributed by atoms with Crippen LogP contribution < -0.4 is 0 Å². The highest BCUT2D eigenvalue weighted by Gasteiger charge is 2.32. The Morgan fingerprint density at radius 1 is 1.17 bits per heavy atom. The van der Waals surface area contributed by atoms with Crippen molar-refractivity contribution in [2.75, 3.05) is 0 Å². The number of hydrogen-bond donors (Lipinski definition) is 1. The molecule has 156 valence electrons. The quantitative estimate of drug-likeness (QED) is 0.546. The summed E-state index contributed by atoms with van der Waals surface area (Å²) < 4.78 is 54.5. The molecule has 1 aliphatic carbocycles. The molecule has 0 saturated heterocycles. The second kappa shape index (κ2) is 7.27. The summed E-state index contributed by atoms with van der Waals surface area (Å²) >= 11 is 0. The molecule has 1 heterocycles. The molecule has 8 heteroatoms. The summed E-state index contributed by atoms with van der Waals surface area (Å²) in [6.45, 7) is 1.71. The van der Waals surface area contributed by atoms with E-state index in [1.165, 1.54) is 6.07 Å². The van der Waals surface area contributed by atoms with E-state index in [2.05, 4.69) is 5.10 Å². The lowest BCUT2D eigenvalue weighted by Gasteiger charge is -2.09. The van der Waals surface area contributed by atoms with E-state index in [1.807, 2.05) is 4.68 Å². The van der Waals surface area contributed by atoms with Gasteiger partial charge in [0.15, 0.2) is 0 Å². The van der Waals surface area contributed by atoms with Crippen LogP contribution >= 0.6 is 0 Å². The van der Waals surface area contributed by atoms with E-state index in [9.17, 15) is 27.5 Å². The first-order valence-electron chi connectivity index (χ1n) is 9.41. The minimum atomic E-state index is -4.63. The first kappa shape index (κ1) is 20.1. The zero-order chi connectivity index (χ0) is 21.6. The zero-order valence-corrected chi connectivity index (χ0v) is 16.0. The van der Waals surface area contributed by atoms with Crippen molar-refractivity contribution < 1.29 is 27.5 Å². The van der Waals surface area contributed by atoms with Crippen LogP contribution in [0.4, 0.5) is 17.6 Å². The third-order valence-corrected chi connectivity index (χ3v) is 5.10. The van der Waals surface area contributed by atoms with Crippen LogP contribution in [0.1, 0.15) is 51.6 Å². The number of hydrogen-bond acceptors (Lipinski definition) is 2. The summed E-state index contributed by atoms with van der Waals surface area (Å²) in [7, 11) is 0. The third-order valence-electron chi connectivity index (χ3n) is 5.10. The van der Waals surface area contributed by atoms with Crippen molar-refractivity contribution in [2.24, 2.45) is 0 Å². The van der Waals surface area contributed by atoms with Gasteiger partial charge in [0.1, 0.15) is 5.82 Å². The molecule has 0 atom stereocenters. The fraction of sp³-hybridized carbons (Fsp3) is 0.273. The first-order chi connectivity index (χ1) is 14.1. The molecule has 30 heavy (non-hydrogen) atoms. The molecule has 4 rings (SSSR count). The molecule has 3 aromatic rings. The largest absolute Gasteiger partial charge is 0.478 e. The van der Waals surface area contributed by atoms with Gasteiger partial charge in [0.05, 0.1) is 28.6 Å². The Morgan fingerprint density at radius 2 is 1.90 bits per heavy atom. The van der Waals surface area contributed by atoms with E-state index in [0.29, 0.717) is 17.3 Å². The van der Waals surface area contributed by atoms with Crippen molar-refractivity contribution >= 4 is 5.97 Å². The molecule has 0 unspecified atom stereocenters. The molecule has 0 aliphatic heterocycles. The molecule has 0 radical (unpaired) electrons. The monoisotopic (exact) mass is 418 g/mol. The van der Waals surface area contributed by atoms with Crippen LogP contribution in [0.2, 0.25) is 0 Å². The smallest absolute Gasteiger partial charge is 0.416 e. The van der Waals surface area contributed by atoms with Crippen molar-refractivity contribution in [3.05, 3.63) is 76.2 Å². The molecule has 4 nitrogen and oxygen atoms in total. The Bertz CT molecular complexity index is 1130. The normalized spacial score (nSPS) is 14.2. The third kappa shape index (κ3) is 4.08. The lowest BCUT2D eigenvalue weighted by molar-refractivity contribution is -0.137. The maximum absolute atomic E-state index is 13.7. The predicted molar refractivity (Wildman–Crippen MR) is 102 cm³/mol. The Labute approximate surface area is 169 Å². The van der Waals surface area contributed by atoms with Crippen LogP contribution in [-0.2, 0) is 12.6 Å². The Morgan fingerprint density at radius 3 is 2.50 bits per heavy atom. The van der Waals surface area contributed by atoms with Crippen LogP contribution in [0.3, 0.4) is 0 Å². The Hall–Kier alpha value is -3.16. The second-order valence-corrected chi connectivity index (χ2v) is 7.55. The molecule has 0 bridgehead atoms. The van der Waals surface area contributed by atoms with E-state index in [4.69, 9.17) is 0 Å². The lowest BCUT2D eigenvalue weighted by atomic mass is 10.0. The Balaban J connectivity index is 1.70. The van der Waals surface area contributed by atoms with Gasteiger partial charge in [0, 0.05) is 12.0 Å². The number of aromatic nitrogens is 2. The van der Waals surface area contributed by atoms with Crippen LogP contribution in [0, 0.1) is 12.7 Å². The summed E-state index contributed by atoms with van der Waals surface area (Å²) in [5.74, 6) is -1.96. The van der Waals surface area contributed by atoms with Gasteiger partial charge in [-0.05, 0) is 67.3 Å². The van der Waals surface area contributed by atoms with Gasteiger partial charge in [-0.25, -0.2) is 9.18 Å². The zero-order valence-electron chi connectivity index (χ0n) is 16.0. The van der Waals surface area contributed by atoms with Gasteiger partial charge in [-0.1, -0.05) is 6.07 Å². The minimum absolute atomic E-state index is 0.0553. The van der Waals surface area contributed by atoms with Crippen molar-refractivity contribution in [3.8, 4) is 11.3 Å². The molecule has 0 spiro atoms. The van der Waals surface area contributed by atoms with Gasteiger partial charge in [-0.2, -0.15) is 18.3 Å². The molecular formula is C22H18F4N2O2. The summed E-state index contributed by atoms with van der Waals surface area (Å²) in [4.78, 5) is 11.3. The van der Waals surface area contributed by atoms with Crippen LogP contribution in [0.15, 0.2) is 42.5 Å². The fourth-order valence-electron chi connectivity index (χ4n) is 3.53. The summed E-state index contributed by atoms with van der Waals surface area (Å²) in [6, 6.07) is 9.44. The van der Waals surface area contributed by atoms with Crippen LogP contribution in [0.5, 0.6) is 0 Å². The van der Waals surface area contributed by atoms with Gasteiger partial charge >= 0.3 is 12.1 Å². The second-order valence-electron chi connectivity index (χ2n) is 7.55. The maximum atomic E-state index is 13.7. The maximum Gasteiger partial charge on any atom is 0.416 e. The van der Waals surface area contributed by atoms with Crippen LogP contribution in [-0.4, -0.2) is 20.9 Å². The van der Waals surface area contributed by atoms with Crippen molar-refractivity contribution in [3.63, 3.8) is 0 Å². The first-order valence-corrected chi connectivity index (χ1v) is 9.41. The van der Waals surface area contributed by atoms with E-state index in [1.54, 1.807) is 25.1 Å². The number of aryl methyl sites for hydroxylation is 1. The number of halogens is 4. The highest BCUT2D eigenvalue weighted by Crippen LogP contribution is 2.39. The van der Waals surface area contributed by atoms with Crippen molar-refractivity contribution in [1.82, 2.24) is 9.78 Å². The van der Waals surface area contributed by atoms with E-state index >= 15 is 0 Å². The molecule has 1 fully saturated rings. The summed E-state index contributed by atoms with van der Waals surface area (Å²) in [6.07, 6.45) is -2.68. The number of aromatic carboxylic acids is 1. The lowest BCUT2D eigenvalue weighted by Crippen LogP contribution is -2.07. The van der Waals surface area contributed by atoms with Gasteiger partial charge in [-0.15, -0.1) is 0 Å². The highest BCUT2D eigenvalue weighted by molar-refractivity contribution is 5.90. The number of rotatable bonds is 5.